The van der Waals surface area contributed by atoms with Gasteiger partial charge in [-0.1, -0.05) is 29.8 Å². The van der Waals surface area contributed by atoms with Crippen molar-refractivity contribution in [2.24, 2.45) is 5.73 Å². The second-order valence-electron chi connectivity index (χ2n) is 8.35. The summed E-state index contributed by atoms with van der Waals surface area (Å²) < 4.78 is 5.63. The lowest BCUT2D eigenvalue weighted by molar-refractivity contribution is 0.417. The largest absolute Gasteiger partial charge is 0.494 e. The van der Waals surface area contributed by atoms with Gasteiger partial charge in [-0.3, -0.25) is 0 Å². The normalized spacial score (nSPS) is 20.7. The number of aromatic amines is 1. The summed E-state index contributed by atoms with van der Waals surface area (Å²) in [4.78, 5) is 23.6. The lowest BCUT2D eigenvalue weighted by Gasteiger charge is -2.27. The molecule has 0 unspecified atom stereocenters. The molecule has 1 aliphatic rings. The number of para-hydroxylation sites is 1. The summed E-state index contributed by atoms with van der Waals surface area (Å²) in [7, 11) is -0.592. The van der Waals surface area contributed by atoms with Gasteiger partial charge in [0.15, 0.2) is 7.49 Å². The maximum Gasteiger partial charge on any atom is 0.227 e. The molecule has 3 heterocycles. The zero-order valence-electron chi connectivity index (χ0n) is 18.3. The number of aromatic nitrogens is 3. The van der Waals surface area contributed by atoms with E-state index in [1.807, 2.05) is 48.7 Å². The Morgan fingerprint density at radius 3 is 2.79 bits per heavy atom. The zero-order chi connectivity index (χ0) is 23.0. The van der Waals surface area contributed by atoms with Crippen LogP contribution < -0.4 is 21.1 Å². The van der Waals surface area contributed by atoms with Gasteiger partial charge in [-0.15, -0.1) is 0 Å². The van der Waals surface area contributed by atoms with Crippen molar-refractivity contribution in [2.45, 2.75) is 18.9 Å². The van der Waals surface area contributed by atoms with Crippen LogP contribution in [0.15, 0.2) is 54.9 Å². The van der Waals surface area contributed by atoms with Gasteiger partial charge in [0.25, 0.3) is 0 Å². The molecule has 170 valence electrons. The number of rotatable bonds is 5. The number of nitrogens with two attached hydrogens (primary N) is 1. The molecule has 0 spiro atoms. The Morgan fingerprint density at radius 2 is 2.00 bits per heavy atom. The SMILES string of the molecule is COc1cc([P+]2(O)CCC(N)CC2)ccc1Nc1ncc(Cl)c(-c2c[nH]c3ccccc23)n1. The molecule has 0 atom stereocenters. The average Bonchev–Trinajstić information content (AvgIpc) is 3.26. The summed E-state index contributed by atoms with van der Waals surface area (Å²) in [6.07, 6.45) is 6.69. The Morgan fingerprint density at radius 1 is 1.21 bits per heavy atom. The van der Waals surface area contributed by atoms with E-state index in [2.05, 4.69) is 20.3 Å². The van der Waals surface area contributed by atoms with E-state index >= 15 is 0 Å². The smallest absolute Gasteiger partial charge is 0.227 e. The first-order chi connectivity index (χ1) is 16.0. The van der Waals surface area contributed by atoms with Gasteiger partial charge in [-0.05, 0) is 31.0 Å². The molecule has 4 aromatic rings. The fraction of sp³-hybridized carbons (Fsp3) is 0.250. The Hall–Kier alpha value is -2.70. The number of fused-ring (bicyclic) bond motifs is 1. The third-order valence-corrected chi connectivity index (χ3v) is 9.75. The van der Waals surface area contributed by atoms with Gasteiger partial charge >= 0.3 is 0 Å². The molecule has 0 radical (unpaired) electrons. The van der Waals surface area contributed by atoms with Gasteiger partial charge < -0.3 is 20.8 Å². The van der Waals surface area contributed by atoms with Crippen molar-refractivity contribution >= 4 is 46.9 Å². The second-order valence-corrected chi connectivity index (χ2v) is 12.0. The van der Waals surface area contributed by atoms with Crippen LogP contribution in [0, 0.1) is 0 Å². The molecule has 7 nitrogen and oxygen atoms in total. The average molecular weight is 483 g/mol. The number of halogens is 1. The van der Waals surface area contributed by atoms with E-state index in [-0.39, 0.29) is 6.04 Å². The molecule has 0 saturated carbocycles. The summed E-state index contributed by atoms with van der Waals surface area (Å²) in [6.45, 7) is 0. The van der Waals surface area contributed by atoms with Crippen LogP contribution in [0.4, 0.5) is 11.6 Å². The van der Waals surface area contributed by atoms with Crippen molar-refractivity contribution in [3.8, 4) is 17.0 Å². The predicted molar refractivity (Wildman–Crippen MR) is 136 cm³/mol. The van der Waals surface area contributed by atoms with E-state index in [1.165, 1.54) is 0 Å². The Labute approximate surface area is 197 Å². The molecule has 1 saturated heterocycles. The zero-order valence-corrected chi connectivity index (χ0v) is 19.9. The van der Waals surface area contributed by atoms with Gasteiger partial charge in [-0.2, -0.15) is 0 Å². The maximum absolute atomic E-state index is 11.3. The number of anilines is 2. The molecular formula is C24H26ClN5O2P+. The Bertz CT molecular complexity index is 1300. The first-order valence-electron chi connectivity index (χ1n) is 10.9. The summed E-state index contributed by atoms with van der Waals surface area (Å²) >= 11 is 6.46. The number of hydrogen-bond donors (Lipinski definition) is 4. The summed E-state index contributed by atoms with van der Waals surface area (Å²) in [5.41, 5.74) is 9.31. The molecule has 0 amide bonds. The molecule has 2 aromatic carbocycles. The number of ether oxygens (including phenoxy) is 1. The first kappa shape index (κ1) is 22.1. The van der Waals surface area contributed by atoms with Crippen LogP contribution in [-0.4, -0.2) is 45.3 Å². The second kappa shape index (κ2) is 8.92. The number of benzene rings is 2. The molecule has 0 aliphatic carbocycles. The minimum atomic E-state index is -2.21. The molecule has 9 heteroatoms. The third-order valence-electron chi connectivity index (χ3n) is 6.24. The highest BCUT2D eigenvalue weighted by molar-refractivity contribution is 7.77. The van der Waals surface area contributed by atoms with Gasteiger partial charge in [0.1, 0.15) is 11.1 Å². The van der Waals surface area contributed by atoms with E-state index in [0.717, 1.165) is 46.9 Å². The number of hydrogen-bond acceptors (Lipinski definition) is 6. The van der Waals surface area contributed by atoms with Gasteiger partial charge in [0, 0.05) is 34.8 Å². The van der Waals surface area contributed by atoms with Crippen molar-refractivity contribution in [3.63, 3.8) is 0 Å². The number of methoxy groups -OCH3 is 1. The standard InChI is InChI=1S/C24H26ClN5O2P/c1-32-22-12-16(33(31)10-8-15(26)9-11-33)6-7-21(22)29-24-28-14-19(25)23(30-24)18-13-27-20-5-3-2-4-17(18)20/h2-7,12-15,27,31H,8-11,26H2,1H3,(H,28,29,30)/q+1. The van der Waals surface area contributed by atoms with Crippen LogP contribution in [0.2, 0.25) is 5.02 Å². The fourth-order valence-corrected chi connectivity index (χ4v) is 7.48. The summed E-state index contributed by atoms with van der Waals surface area (Å²) in [6, 6.07) is 14.0. The number of nitrogens with zero attached hydrogens (tertiary/aromatic N) is 2. The van der Waals surface area contributed by atoms with Gasteiger partial charge in [0.05, 0.1) is 42.0 Å². The molecule has 1 aliphatic heterocycles. The quantitative estimate of drug-likeness (QED) is 0.307. The van der Waals surface area contributed by atoms with Crippen molar-refractivity contribution in [1.29, 1.82) is 0 Å². The molecular weight excluding hydrogens is 457 g/mol. The van der Waals surface area contributed by atoms with Crippen LogP contribution in [0.5, 0.6) is 5.75 Å². The van der Waals surface area contributed by atoms with Crippen LogP contribution >= 0.6 is 19.1 Å². The lowest BCUT2D eigenvalue weighted by atomic mass is 10.1. The van der Waals surface area contributed by atoms with Gasteiger partial charge in [-0.25, -0.2) is 14.9 Å². The minimum absolute atomic E-state index is 0.182. The number of nitrogens with one attached hydrogen (secondary N) is 2. The number of H-pyrrole nitrogens is 1. The monoisotopic (exact) mass is 482 g/mol. The van der Waals surface area contributed by atoms with E-state index in [4.69, 9.17) is 22.1 Å². The van der Waals surface area contributed by atoms with Crippen molar-refractivity contribution < 1.29 is 9.63 Å². The van der Waals surface area contributed by atoms with E-state index < -0.39 is 7.49 Å². The third kappa shape index (κ3) is 4.30. The van der Waals surface area contributed by atoms with Crippen molar-refractivity contribution in [3.05, 3.63) is 59.9 Å². The molecule has 5 rings (SSSR count). The molecule has 5 N–H and O–H groups in total. The topological polar surface area (TPSA) is 109 Å². The van der Waals surface area contributed by atoms with Crippen LogP contribution in [0.25, 0.3) is 22.2 Å². The summed E-state index contributed by atoms with van der Waals surface area (Å²) in [5, 5.41) is 5.69. The summed E-state index contributed by atoms with van der Waals surface area (Å²) in [5.74, 6) is 1.03. The highest BCUT2D eigenvalue weighted by Crippen LogP contribution is 2.57. The van der Waals surface area contributed by atoms with E-state index in [0.29, 0.717) is 28.1 Å². The van der Waals surface area contributed by atoms with Crippen molar-refractivity contribution in [1.82, 2.24) is 15.0 Å². The first-order valence-corrected chi connectivity index (χ1v) is 13.4. The lowest BCUT2D eigenvalue weighted by Crippen LogP contribution is -2.32. The van der Waals surface area contributed by atoms with Crippen molar-refractivity contribution in [2.75, 3.05) is 24.8 Å². The highest BCUT2D eigenvalue weighted by atomic mass is 35.5. The fourth-order valence-electron chi connectivity index (χ4n) is 4.32. The van der Waals surface area contributed by atoms with Crippen LogP contribution in [0.1, 0.15) is 12.8 Å². The molecule has 33 heavy (non-hydrogen) atoms. The minimum Gasteiger partial charge on any atom is -0.494 e. The maximum atomic E-state index is 11.3. The predicted octanol–water partition coefficient (Wildman–Crippen LogP) is 4.70. The Balaban J connectivity index is 1.45. The molecule has 1 fully saturated rings. The van der Waals surface area contributed by atoms with Gasteiger partial charge in [0.2, 0.25) is 5.95 Å². The van der Waals surface area contributed by atoms with E-state index in [9.17, 15) is 4.89 Å². The molecule has 2 aromatic heterocycles. The van der Waals surface area contributed by atoms with Crippen LogP contribution in [0.3, 0.4) is 0 Å². The van der Waals surface area contributed by atoms with E-state index in [1.54, 1.807) is 13.3 Å². The Kier molecular flexibility index (Phi) is 5.97. The van der Waals surface area contributed by atoms with Crippen LogP contribution in [-0.2, 0) is 0 Å². The molecule has 0 bridgehead atoms. The highest BCUT2D eigenvalue weighted by Gasteiger charge is 2.42.